The molecule has 0 amide bonds. The maximum atomic E-state index is 10.8. The van der Waals surface area contributed by atoms with E-state index in [9.17, 15) is 10.2 Å². The minimum atomic E-state index is -0.731. The van der Waals surface area contributed by atoms with Gasteiger partial charge in [0.1, 0.15) is 17.2 Å². The Morgan fingerprint density at radius 1 is 1.17 bits per heavy atom. The number of hydrogen-bond acceptors (Lipinski definition) is 5. The van der Waals surface area contributed by atoms with E-state index < -0.39 is 6.10 Å². The number of nitrogens with zero attached hydrogens (tertiary/aromatic N) is 2. The van der Waals surface area contributed by atoms with Gasteiger partial charge >= 0.3 is 0 Å². The molecule has 1 unspecified atom stereocenters. The first-order valence-electron chi connectivity index (χ1n) is 10.1. The molecule has 0 saturated carbocycles. The molecule has 156 valence electrons. The average Bonchev–Trinajstić information content (AvgIpc) is 3.23. The monoisotopic (exact) mass is 424 g/mol. The Morgan fingerprint density at radius 3 is 2.67 bits per heavy atom. The van der Waals surface area contributed by atoms with E-state index in [-0.39, 0.29) is 12.7 Å². The van der Waals surface area contributed by atoms with E-state index in [4.69, 9.17) is 16.3 Å². The van der Waals surface area contributed by atoms with Crippen LogP contribution in [0.4, 0.5) is 5.69 Å². The second-order valence-electron chi connectivity index (χ2n) is 7.62. The van der Waals surface area contributed by atoms with Gasteiger partial charge in [-0.05, 0) is 42.3 Å². The summed E-state index contributed by atoms with van der Waals surface area (Å²) in [7, 11) is 0. The van der Waals surface area contributed by atoms with Gasteiger partial charge in [-0.15, -0.1) is 0 Å². The standard InChI is InChI=1S/C24H25ClN2O3/c1-16-4-6-17(7-5-16)23(29)18-8-9-22(19(13-18)15-28)27-12-10-20(14-27)30-24-21(25)3-2-11-26-24/h2-9,11,13,20,23,28-29H,10,12,14-15H2,1H3/t20-,23?/m0/s1. The molecule has 2 heterocycles. The highest BCUT2D eigenvalue weighted by molar-refractivity contribution is 6.31. The molecule has 1 aliphatic rings. The lowest BCUT2D eigenvalue weighted by Gasteiger charge is -2.23. The maximum absolute atomic E-state index is 10.8. The van der Waals surface area contributed by atoms with Gasteiger partial charge in [-0.1, -0.05) is 47.5 Å². The van der Waals surface area contributed by atoms with Gasteiger partial charge in [0.05, 0.1) is 13.2 Å². The number of anilines is 1. The van der Waals surface area contributed by atoms with Gasteiger partial charge in [-0.2, -0.15) is 0 Å². The van der Waals surface area contributed by atoms with Gasteiger partial charge < -0.3 is 19.8 Å². The molecule has 2 atom stereocenters. The fraction of sp³-hybridized carbons (Fsp3) is 0.292. The normalized spacial score (nSPS) is 17.2. The zero-order chi connectivity index (χ0) is 21.1. The minimum absolute atomic E-state index is 0.0261. The van der Waals surface area contributed by atoms with Crippen LogP contribution in [0.25, 0.3) is 0 Å². The molecule has 0 spiro atoms. The number of aryl methyl sites for hydroxylation is 1. The third-order valence-electron chi connectivity index (χ3n) is 5.47. The van der Waals surface area contributed by atoms with E-state index in [0.717, 1.165) is 40.9 Å². The van der Waals surface area contributed by atoms with Crippen LogP contribution in [0.3, 0.4) is 0 Å². The van der Waals surface area contributed by atoms with Crippen LogP contribution >= 0.6 is 11.6 Å². The number of halogens is 1. The predicted octanol–water partition coefficient (Wildman–Crippen LogP) is 4.28. The number of pyridine rings is 1. The topological polar surface area (TPSA) is 65.8 Å². The molecule has 1 saturated heterocycles. The van der Waals surface area contributed by atoms with Gasteiger partial charge in [0.25, 0.3) is 0 Å². The number of aliphatic hydroxyl groups is 2. The molecule has 1 fully saturated rings. The van der Waals surface area contributed by atoms with E-state index in [1.165, 1.54) is 0 Å². The van der Waals surface area contributed by atoms with Crippen molar-refractivity contribution in [2.75, 3.05) is 18.0 Å². The minimum Gasteiger partial charge on any atom is -0.471 e. The summed E-state index contributed by atoms with van der Waals surface area (Å²) in [5, 5.41) is 21.2. The summed E-state index contributed by atoms with van der Waals surface area (Å²) >= 11 is 6.15. The summed E-state index contributed by atoms with van der Waals surface area (Å²) < 4.78 is 5.97. The summed E-state index contributed by atoms with van der Waals surface area (Å²) in [4.78, 5) is 6.39. The summed E-state index contributed by atoms with van der Waals surface area (Å²) in [6, 6.07) is 17.1. The van der Waals surface area contributed by atoms with Crippen LogP contribution in [0.1, 0.15) is 34.8 Å². The Labute approximate surface area is 181 Å². The maximum Gasteiger partial charge on any atom is 0.232 e. The Morgan fingerprint density at radius 2 is 1.93 bits per heavy atom. The van der Waals surface area contributed by atoms with Crippen molar-refractivity contribution in [2.45, 2.75) is 32.2 Å². The van der Waals surface area contributed by atoms with Crippen molar-refractivity contribution in [3.63, 3.8) is 0 Å². The van der Waals surface area contributed by atoms with Crippen molar-refractivity contribution in [3.8, 4) is 5.88 Å². The first kappa shape index (κ1) is 20.7. The first-order valence-corrected chi connectivity index (χ1v) is 10.4. The van der Waals surface area contributed by atoms with Gasteiger partial charge in [0, 0.05) is 30.4 Å². The molecule has 1 aromatic heterocycles. The van der Waals surface area contributed by atoms with Crippen LogP contribution in [-0.2, 0) is 6.61 Å². The van der Waals surface area contributed by atoms with Crippen LogP contribution in [0.2, 0.25) is 5.02 Å². The highest BCUT2D eigenvalue weighted by Gasteiger charge is 2.27. The molecule has 5 nitrogen and oxygen atoms in total. The number of benzene rings is 2. The Hall–Kier alpha value is -2.60. The van der Waals surface area contributed by atoms with E-state index >= 15 is 0 Å². The average molecular weight is 425 g/mol. The van der Waals surface area contributed by atoms with Gasteiger partial charge in [0.2, 0.25) is 5.88 Å². The largest absolute Gasteiger partial charge is 0.471 e. The summed E-state index contributed by atoms with van der Waals surface area (Å²) in [6.45, 7) is 3.41. The number of hydrogen-bond donors (Lipinski definition) is 2. The number of ether oxygens (including phenoxy) is 1. The summed E-state index contributed by atoms with van der Waals surface area (Å²) in [5.41, 5.74) is 4.49. The molecule has 6 heteroatoms. The summed E-state index contributed by atoms with van der Waals surface area (Å²) in [5.74, 6) is 0.449. The van der Waals surface area contributed by atoms with Crippen LogP contribution in [0.15, 0.2) is 60.8 Å². The van der Waals surface area contributed by atoms with E-state index in [1.54, 1.807) is 18.3 Å². The van der Waals surface area contributed by atoms with Crippen molar-refractivity contribution >= 4 is 17.3 Å². The molecular formula is C24H25ClN2O3. The van der Waals surface area contributed by atoms with Crippen molar-refractivity contribution in [2.24, 2.45) is 0 Å². The van der Waals surface area contributed by atoms with Gasteiger partial charge in [0.15, 0.2) is 0 Å². The van der Waals surface area contributed by atoms with Crippen LogP contribution in [-0.4, -0.2) is 34.4 Å². The predicted molar refractivity (Wildman–Crippen MR) is 118 cm³/mol. The van der Waals surface area contributed by atoms with Crippen LogP contribution in [0.5, 0.6) is 5.88 Å². The highest BCUT2D eigenvalue weighted by atomic mass is 35.5. The molecule has 0 radical (unpaired) electrons. The molecule has 2 N–H and O–H groups in total. The highest BCUT2D eigenvalue weighted by Crippen LogP contribution is 2.31. The van der Waals surface area contributed by atoms with E-state index in [1.807, 2.05) is 49.4 Å². The molecular weight excluding hydrogens is 400 g/mol. The second-order valence-corrected chi connectivity index (χ2v) is 8.03. The van der Waals surface area contributed by atoms with Crippen LogP contribution in [0, 0.1) is 6.92 Å². The summed E-state index contributed by atoms with van der Waals surface area (Å²) in [6.07, 6.45) is 1.74. The van der Waals surface area contributed by atoms with Crippen molar-refractivity contribution in [3.05, 3.63) is 88.1 Å². The molecule has 2 aromatic carbocycles. The SMILES string of the molecule is Cc1ccc(C(O)c2ccc(N3CC[C@H](Oc4ncccc4Cl)C3)c(CO)c2)cc1. The molecule has 0 aliphatic carbocycles. The molecule has 4 rings (SSSR count). The Balaban J connectivity index is 1.49. The lowest BCUT2D eigenvalue weighted by molar-refractivity contribution is 0.216. The van der Waals surface area contributed by atoms with Crippen molar-refractivity contribution < 1.29 is 14.9 Å². The molecule has 1 aliphatic heterocycles. The van der Waals surface area contributed by atoms with Gasteiger partial charge in [-0.25, -0.2) is 4.98 Å². The zero-order valence-electron chi connectivity index (χ0n) is 16.8. The Kier molecular flexibility index (Phi) is 6.23. The number of aromatic nitrogens is 1. The smallest absolute Gasteiger partial charge is 0.232 e. The molecule has 0 bridgehead atoms. The molecule has 3 aromatic rings. The Bertz CT molecular complexity index is 1010. The van der Waals surface area contributed by atoms with E-state index in [0.29, 0.717) is 17.4 Å². The van der Waals surface area contributed by atoms with Crippen molar-refractivity contribution in [1.29, 1.82) is 0 Å². The fourth-order valence-electron chi connectivity index (χ4n) is 3.81. The third-order valence-corrected chi connectivity index (χ3v) is 5.76. The quantitative estimate of drug-likeness (QED) is 0.618. The third kappa shape index (κ3) is 4.43. The fourth-order valence-corrected chi connectivity index (χ4v) is 3.98. The van der Waals surface area contributed by atoms with E-state index in [2.05, 4.69) is 9.88 Å². The van der Waals surface area contributed by atoms with Crippen molar-refractivity contribution in [1.82, 2.24) is 4.98 Å². The van der Waals surface area contributed by atoms with Crippen LogP contribution < -0.4 is 9.64 Å². The first-order chi connectivity index (χ1) is 14.5. The number of aliphatic hydroxyl groups excluding tert-OH is 2. The van der Waals surface area contributed by atoms with Gasteiger partial charge in [-0.3, -0.25) is 0 Å². The zero-order valence-corrected chi connectivity index (χ0v) is 17.6. The lowest BCUT2D eigenvalue weighted by Crippen LogP contribution is -2.25. The molecule has 30 heavy (non-hydrogen) atoms. The number of rotatable bonds is 6. The lowest BCUT2D eigenvalue weighted by atomic mass is 9.98. The second kappa shape index (κ2) is 9.04.